The Hall–Kier alpha value is -1.84. The van der Waals surface area contributed by atoms with Crippen LogP contribution in [0.25, 0.3) is 0 Å². The minimum atomic E-state index is -0.891. The molecule has 1 fully saturated rings. The number of benzene rings is 1. The van der Waals surface area contributed by atoms with Crippen molar-refractivity contribution in [3.05, 3.63) is 35.9 Å². The van der Waals surface area contributed by atoms with E-state index in [4.69, 9.17) is 5.11 Å². The van der Waals surface area contributed by atoms with Crippen LogP contribution in [0.4, 0.5) is 0 Å². The molecule has 0 heterocycles. The lowest BCUT2D eigenvalue weighted by Crippen LogP contribution is -2.29. The average molecular weight is 261 g/mol. The fourth-order valence-corrected chi connectivity index (χ4v) is 2.72. The zero-order valence-electron chi connectivity index (χ0n) is 11.4. The van der Waals surface area contributed by atoms with Gasteiger partial charge in [-0.15, -0.1) is 0 Å². The maximum atomic E-state index is 12.1. The molecule has 2 N–H and O–H groups in total. The summed E-state index contributed by atoms with van der Waals surface area (Å²) >= 11 is 0. The summed E-state index contributed by atoms with van der Waals surface area (Å²) in [4.78, 5) is 23.2. The lowest BCUT2D eigenvalue weighted by molar-refractivity contribution is -0.140. The second-order valence-electron chi connectivity index (χ2n) is 5.76. The lowest BCUT2D eigenvalue weighted by Gasteiger charge is -2.14. The predicted octanol–water partition coefficient (Wildman–Crippen LogP) is 2.22. The van der Waals surface area contributed by atoms with Crippen LogP contribution in [-0.2, 0) is 9.59 Å². The van der Waals surface area contributed by atoms with Crippen molar-refractivity contribution in [1.82, 2.24) is 5.32 Å². The van der Waals surface area contributed by atoms with Crippen LogP contribution in [0.5, 0.6) is 0 Å². The second-order valence-corrected chi connectivity index (χ2v) is 5.76. The summed E-state index contributed by atoms with van der Waals surface area (Å²) in [7, 11) is 0. The van der Waals surface area contributed by atoms with Gasteiger partial charge < -0.3 is 10.4 Å². The first-order valence-corrected chi connectivity index (χ1v) is 6.44. The Bertz CT molecular complexity index is 495. The van der Waals surface area contributed by atoms with Crippen LogP contribution in [0, 0.1) is 17.3 Å². The highest BCUT2D eigenvalue weighted by Gasteiger charge is 2.65. The molecule has 1 aliphatic rings. The zero-order chi connectivity index (χ0) is 14.2. The maximum Gasteiger partial charge on any atom is 0.307 e. The van der Waals surface area contributed by atoms with Gasteiger partial charge in [0.2, 0.25) is 5.91 Å². The van der Waals surface area contributed by atoms with Crippen LogP contribution in [0.15, 0.2) is 30.3 Å². The number of nitrogens with one attached hydrogen (secondary N) is 1. The van der Waals surface area contributed by atoms with Crippen molar-refractivity contribution in [2.45, 2.75) is 26.8 Å². The fourth-order valence-electron chi connectivity index (χ4n) is 2.72. The molecule has 19 heavy (non-hydrogen) atoms. The largest absolute Gasteiger partial charge is 0.481 e. The third-order valence-electron chi connectivity index (χ3n) is 4.03. The molecule has 4 heteroatoms. The summed E-state index contributed by atoms with van der Waals surface area (Å²) in [6.45, 7) is 5.55. The Labute approximate surface area is 112 Å². The van der Waals surface area contributed by atoms with Crippen molar-refractivity contribution >= 4 is 11.9 Å². The summed E-state index contributed by atoms with van der Waals surface area (Å²) in [5.74, 6) is -2.07. The molecule has 1 aromatic rings. The van der Waals surface area contributed by atoms with Crippen molar-refractivity contribution in [1.29, 1.82) is 0 Å². The molecule has 2 rings (SSSR count). The van der Waals surface area contributed by atoms with E-state index in [1.807, 2.05) is 51.1 Å². The monoisotopic (exact) mass is 261 g/mol. The van der Waals surface area contributed by atoms with E-state index >= 15 is 0 Å². The van der Waals surface area contributed by atoms with E-state index in [1.165, 1.54) is 0 Å². The Balaban J connectivity index is 2.02. The smallest absolute Gasteiger partial charge is 0.307 e. The molecule has 0 spiro atoms. The van der Waals surface area contributed by atoms with Gasteiger partial charge >= 0.3 is 5.97 Å². The number of aliphatic carboxylic acids is 1. The van der Waals surface area contributed by atoms with Crippen molar-refractivity contribution in [2.24, 2.45) is 17.3 Å². The molecular formula is C15H19NO3. The standard InChI is InChI=1S/C15H19NO3/c1-9(10-7-5-4-6-8-10)16-13(17)11-12(14(18)19)15(11,2)3/h4-9,11-12H,1-3H3,(H,16,17)(H,18,19)/t9?,11-,12+/m0/s1. The van der Waals surface area contributed by atoms with Gasteiger partial charge in [0.15, 0.2) is 0 Å². The van der Waals surface area contributed by atoms with E-state index in [1.54, 1.807) is 0 Å². The van der Waals surface area contributed by atoms with Gasteiger partial charge in [0.05, 0.1) is 17.9 Å². The summed E-state index contributed by atoms with van der Waals surface area (Å²) in [5.41, 5.74) is 0.563. The van der Waals surface area contributed by atoms with Crippen molar-refractivity contribution in [3.63, 3.8) is 0 Å². The third kappa shape index (κ3) is 2.48. The number of carbonyl (C=O) groups is 2. The highest BCUT2D eigenvalue weighted by Crippen LogP contribution is 2.58. The van der Waals surface area contributed by atoms with Gasteiger partial charge in [-0.25, -0.2) is 0 Å². The molecule has 1 saturated carbocycles. The van der Waals surface area contributed by atoms with E-state index in [0.717, 1.165) is 5.56 Å². The summed E-state index contributed by atoms with van der Waals surface area (Å²) in [6.07, 6.45) is 0. The topological polar surface area (TPSA) is 66.4 Å². The van der Waals surface area contributed by atoms with Gasteiger partial charge in [0, 0.05) is 0 Å². The predicted molar refractivity (Wildman–Crippen MR) is 71.4 cm³/mol. The molecule has 0 aromatic heterocycles. The average Bonchev–Trinajstić information content (AvgIpc) is 2.93. The molecule has 1 amide bonds. The Kier molecular flexibility index (Phi) is 3.35. The number of hydrogen-bond donors (Lipinski definition) is 2. The van der Waals surface area contributed by atoms with E-state index in [-0.39, 0.29) is 11.9 Å². The third-order valence-corrected chi connectivity index (χ3v) is 4.03. The summed E-state index contributed by atoms with van der Waals surface area (Å²) < 4.78 is 0. The van der Waals surface area contributed by atoms with Crippen LogP contribution in [0.3, 0.4) is 0 Å². The van der Waals surface area contributed by atoms with Gasteiger partial charge in [-0.3, -0.25) is 9.59 Å². The Morgan fingerprint density at radius 2 is 1.79 bits per heavy atom. The molecule has 1 unspecified atom stereocenters. The molecule has 3 atom stereocenters. The van der Waals surface area contributed by atoms with Crippen LogP contribution in [0.1, 0.15) is 32.4 Å². The van der Waals surface area contributed by atoms with E-state index in [2.05, 4.69) is 5.32 Å². The molecule has 1 aliphatic carbocycles. The van der Waals surface area contributed by atoms with E-state index in [0.29, 0.717) is 0 Å². The number of amides is 1. The normalized spacial score (nSPS) is 25.4. The SMILES string of the molecule is CC(NC(=O)[C@@H]1[C@H](C(=O)O)C1(C)C)c1ccccc1. The van der Waals surface area contributed by atoms with Gasteiger partial charge in [-0.1, -0.05) is 44.2 Å². The zero-order valence-corrected chi connectivity index (χ0v) is 11.4. The van der Waals surface area contributed by atoms with Gasteiger partial charge in [0.25, 0.3) is 0 Å². The van der Waals surface area contributed by atoms with Crippen molar-refractivity contribution in [3.8, 4) is 0 Å². The number of rotatable bonds is 4. The molecular weight excluding hydrogens is 242 g/mol. The number of hydrogen-bond acceptors (Lipinski definition) is 2. The van der Waals surface area contributed by atoms with Gasteiger partial charge in [-0.2, -0.15) is 0 Å². The quantitative estimate of drug-likeness (QED) is 0.873. The molecule has 0 radical (unpaired) electrons. The van der Waals surface area contributed by atoms with Crippen LogP contribution in [0.2, 0.25) is 0 Å². The van der Waals surface area contributed by atoms with Gasteiger partial charge in [-0.05, 0) is 17.9 Å². The Morgan fingerprint density at radius 1 is 1.21 bits per heavy atom. The molecule has 102 valence electrons. The highest BCUT2D eigenvalue weighted by molar-refractivity contribution is 5.91. The van der Waals surface area contributed by atoms with Gasteiger partial charge in [0.1, 0.15) is 0 Å². The summed E-state index contributed by atoms with van der Waals surface area (Å²) in [5, 5.41) is 12.0. The first kappa shape index (κ1) is 13.6. The van der Waals surface area contributed by atoms with Crippen LogP contribution in [-0.4, -0.2) is 17.0 Å². The van der Waals surface area contributed by atoms with E-state index in [9.17, 15) is 9.59 Å². The minimum Gasteiger partial charge on any atom is -0.481 e. The second kappa shape index (κ2) is 4.68. The highest BCUT2D eigenvalue weighted by atomic mass is 16.4. The van der Waals surface area contributed by atoms with Crippen molar-refractivity contribution < 1.29 is 14.7 Å². The molecule has 0 aliphatic heterocycles. The number of carboxylic acids is 1. The van der Waals surface area contributed by atoms with Crippen molar-refractivity contribution in [2.75, 3.05) is 0 Å². The molecule has 4 nitrogen and oxygen atoms in total. The van der Waals surface area contributed by atoms with E-state index < -0.39 is 23.2 Å². The first-order chi connectivity index (χ1) is 8.85. The molecule has 0 bridgehead atoms. The Morgan fingerprint density at radius 3 is 2.26 bits per heavy atom. The lowest BCUT2D eigenvalue weighted by atomic mass is 10.1. The van der Waals surface area contributed by atoms with Crippen LogP contribution < -0.4 is 5.32 Å². The fraction of sp³-hybridized carbons (Fsp3) is 0.467. The summed E-state index contributed by atoms with van der Waals surface area (Å²) in [6, 6.07) is 9.52. The molecule has 1 aromatic carbocycles. The maximum absolute atomic E-state index is 12.1. The van der Waals surface area contributed by atoms with Crippen LogP contribution >= 0.6 is 0 Å². The number of carbonyl (C=O) groups excluding carboxylic acids is 1. The minimum absolute atomic E-state index is 0.112. The molecule has 0 saturated heterocycles. The first-order valence-electron chi connectivity index (χ1n) is 6.44. The number of carboxylic acid groups (broad SMARTS) is 1.